The van der Waals surface area contributed by atoms with Crippen molar-refractivity contribution in [1.82, 2.24) is 4.31 Å². The van der Waals surface area contributed by atoms with Gasteiger partial charge in [0.25, 0.3) is 0 Å². The molecule has 1 rings (SSSR count). The fourth-order valence-corrected chi connectivity index (χ4v) is 2.45. The minimum atomic E-state index is -3.64. The first-order chi connectivity index (χ1) is 8.31. The van der Waals surface area contributed by atoms with E-state index in [0.29, 0.717) is 5.56 Å². The van der Waals surface area contributed by atoms with Crippen LogP contribution >= 0.6 is 0 Å². The predicted molar refractivity (Wildman–Crippen MR) is 63.9 cm³/mol. The third kappa shape index (κ3) is 4.42. The lowest BCUT2D eigenvalue weighted by atomic mass is 10.2. The molecule has 0 unspecified atom stereocenters. The van der Waals surface area contributed by atoms with E-state index in [0.717, 1.165) is 4.31 Å². The number of aliphatic carboxylic acids is 1. The van der Waals surface area contributed by atoms with Gasteiger partial charge in [0.2, 0.25) is 10.0 Å². The first-order valence-corrected chi connectivity index (χ1v) is 6.82. The Hall–Kier alpha value is -1.47. The van der Waals surface area contributed by atoms with Gasteiger partial charge in [-0.05, 0) is 17.7 Å². The Balaban J connectivity index is 2.70. The number of carboxylic acids is 1. The van der Waals surface area contributed by atoms with Crippen molar-refractivity contribution in [3.63, 3.8) is 0 Å². The molecule has 0 aromatic heterocycles. The lowest BCUT2D eigenvalue weighted by Crippen LogP contribution is -2.29. The lowest BCUT2D eigenvalue weighted by Gasteiger charge is -2.16. The number of halogens is 1. The molecule has 18 heavy (non-hydrogen) atoms. The largest absolute Gasteiger partial charge is 0.481 e. The van der Waals surface area contributed by atoms with Gasteiger partial charge in [0.15, 0.2) is 0 Å². The zero-order valence-electron chi connectivity index (χ0n) is 9.84. The van der Waals surface area contributed by atoms with E-state index in [1.165, 1.54) is 25.2 Å². The molecule has 100 valence electrons. The van der Waals surface area contributed by atoms with E-state index in [4.69, 9.17) is 5.11 Å². The molecule has 0 heterocycles. The average molecular weight is 275 g/mol. The number of hydrogen-bond acceptors (Lipinski definition) is 3. The van der Waals surface area contributed by atoms with Crippen LogP contribution in [0, 0.1) is 5.82 Å². The van der Waals surface area contributed by atoms with E-state index < -0.39 is 34.0 Å². The molecule has 0 saturated carbocycles. The summed E-state index contributed by atoms with van der Waals surface area (Å²) in [6.07, 6.45) is -0.449. The highest BCUT2D eigenvalue weighted by atomic mass is 32.2. The maximum atomic E-state index is 12.9. The van der Waals surface area contributed by atoms with Crippen LogP contribution in [-0.4, -0.2) is 36.6 Å². The van der Waals surface area contributed by atoms with E-state index in [9.17, 15) is 17.6 Å². The van der Waals surface area contributed by atoms with Crippen molar-refractivity contribution >= 4 is 16.0 Å². The quantitative estimate of drug-likeness (QED) is 0.842. The minimum Gasteiger partial charge on any atom is -0.481 e. The summed E-state index contributed by atoms with van der Waals surface area (Å²) >= 11 is 0. The van der Waals surface area contributed by atoms with Crippen molar-refractivity contribution in [3.05, 3.63) is 35.6 Å². The maximum absolute atomic E-state index is 12.9. The Morgan fingerprint density at radius 1 is 1.44 bits per heavy atom. The average Bonchev–Trinajstić information content (AvgIpc) is 2.26. The number of benzene rings is 1. The van der Waals surface area contributed by atoms with Crippen LogP contribution in [-0.2, 0) is 21.4 Å². The highest BCUT2D eigenvalue weighted by Gasteiger charge is 2.19. The lowest BCUT2D eigenvalue weighted by molar-refractivity contribution is -0.136. The van der Waals surface area contributed by atoms with E-state index in [-0.39, 0.29) is 6.54 Å². The van der Waals surface area contributed by atoms with Crippen molar-refractivity contribution in [3.8, 4) is 0 Å². The van der Waals surface area contributed by atoms with Crippen molar-refractivity contribution in [2.75, 3.05) is 12.8 Å². The molecular weight excluding hydrogens is 261 g/mol. The summed E-state index contributed by atoms with van der Waals surface area (Å²) in [5.74, 6) is -2.07. The Labute approximate surface area is 105 Å². The molecule has 0 aliphatic heterocycles. The van der Waals surface area contributed by atoms with E-state index in [1.54, 1.807) is 6.07 Å². The summed E-state index contributed by atoms with van der Waals surface area (Å²) in [4.78, 5) is 10.3. The number of rotatable bonds is 6. The summed E-state index contributed by atoms with van der Waals surface area (Å²) in [5.41, 5.74) is 0.511. The Morgan fingerprint density at radius 3 is 2.67 bits per heavy atom. The Kier molecular flexibility index (Phi) is 4.80. The highest BCUT2D eigenvalue weighted by molar-refractivity contribution is 7.89. The zero-order valence-corrected chi connectivity index (χ0v) is 10.7. The van der Waals surface area contributed by atoms with Crippen LogP contribution in [0.3, 0.4) is 0 Å². The molecule has 1 aromatic carbocycles. The molecule has 5 nitrogen and oxygen atoms in total. The van der Waals surface area contributed by atoms with Crippen molar-refractivity contribution in [1.29, 1.82) is 0 Å². The summed E-state index contributed by atoms with van der Waals surface area (Å²) in [6, 6.07) is 5.60. The molecule has 0 radical (unpaired) electrons. The SMILES string of the molecule is CN(Cc1cccc(F)c1)S(=O)(=O)CCC(=O)O. The second-order valence-corrected chi connectivity index (χ2v) is 6.04. The topological polar surface area (TPSA) is 74.7 Å². The van der Waals surface area contributed by atoms with Crippen LogP contribution in [0.5, 0.6) is 0 Å². The molecule has 0 saturated heterocycles. The number of sulfonamides is 1. The molecule has 0 fully saturated rings. The first kappa shape index (κ1) is 14.6. The minimum absolute atomic E-state index is 0.0136. The van der Waals surface area contributed by atoms with Gasteiger partial charge in [-0.25, -0.2) is 17.1 Å². The van der Waals surface area contributed by atoms with E-state index in [2.05, 4.69) is 0 Å². The molecule has 0 aliphatic carbocycles. The van der Waals surface area contributed by atoms with Gasteiger partial charge in [-0.15, -0.1) is 0 Å². The second-order valence-electron chi connectivity index (χ2n) is 3.85. The van der Waals surface area contributed by atoms with Crippen LogP contribution < -0.4 is 0 Å². The number of hydrogen-bond donors (Lipinski definition) is 1. The van der Waals surface area contributed by atoms with Gasteiger partial charge >= 0.3 is 5.97 Å². The van der Waals surface area contributed by atoms with Crippen LogP contribution in [0.1, 0.15) is 12.0 Å². The smallest absolute Gasteiger partial charge is 0.304 e. The molecule has 0 amide bonds. The molecule has 1 aromatic rings. The molecular formula is C11H14FNO4S. The number of carboxylic acid groups (broad SMARTS) is 1. The molecule has 1 N–H and O–H groups in total. The zero-order chi connectivity index (χ0) is 13.8. The van der Waals surface area contributed by atoms with E-state index >= 15 is 0 Å². The molecule has 0 atom stereocenters. The standard InChI is InChI=1S/C11H14FNO4S/c1-13(18(16,17)6-5-11(14)15)8-9-3-2-4-10(12)7-9/h2-4,7H,5-6,8H2,1H3,(H,14,15). The number of nitrogens with zero attached hydrogens (tertiary/aromatic N) is 1. The van der Waals surface area contributed by atoms with Gasteiger partial charge < -0.3 is 5.11 Å². The number of carbonyl (C=O) groups is 1. The van der Waals surface area contributed by atoms with Crippen LogP contribution in [0.15, 0.2) is 24.3 Å². The molecule has 0 aliphatic rings. The summed E-state index contributed by atoms with van der Waals surface area (Å²) < 4.78 is 37.3. The Morgan fingerprint density at radius 2 is 2.11 bits per heavy atom. The fraction of sp³-hybridized carbons (Fsp3) is 0.364. The molecule has 0 spiro atoms. The van der Waals surface area contributed by atoms with Gasteiger partial charge in [-0.2, -0.15) is 0 Å². The summed E-state index contributed by atoms with van der Waals surface area (Å²) in [7, 11) is -2.30. The second kappa shape index (κ2) is 5.92. The third-order valence-corrected chi connectivity index (χ3v) is 4.14. The maximum Gasteiger partial charge on any atom is 0.304 e. The fourth-order valence-electron chi connectivity index (χ4n) is 1.36. The van der Waals surface area contributed by atoms with Crippen molar-refractivity contribution < 1.29 is 22.7 Å². The van der Waals surface area contributed by atoms with Gasteiger partial charge in [0.1, 0.15) is 5.82 Å². The van der Waals surface area contributed by atoms with Crippen molar-refractivity contribution in [2.24, 2.45) is 0 Å². The summed E-state index contributed by atoms with van der Waals surface area (Å²) in [5, 5.41) is 8.45. The monoisotopic (exact) mass is 275 g/mol. The predicted octanol–water partition coefficient (Wildman–Crippen LogP) is 1.06. The third-order valence-electron chi connectivity index (χ3n) is 2.34. The van der Waals surface area contributed by atoms with Gasteiger partial charge in [0.05, 0.1) is 12.2 Å². The van der Waals surface area contributed by atoms with E-state index in [1.807, 2.05) is 0 Å². The van der Waals surface area contributed by atoms with Gasteiger partial charge in [-0.1, -0.05) is 12.1 Å². The molecule has 7 heteroatoms. The van der Waals surface area contributed by atoms with Crippen molar-refractivity contribution in [2.45, 2.75) is 13.0 Å². The first-order valence-electron chi connectivity index (χ1n) is 5.21. The van der Waals surface area contributed by atoms with Gasteiger partial charge in [-0.3, -0.25) is 4.79 Å². The van der Waals surface area contributed by atoms with Gasteiger partial charge in [0, 0.05) is 13.6 Å². The van der Waals surface area contributed by atoms with Crippen LogP contribution in [0.25, 0.3) is 0 Å². The Bertz CT molecular complexity index is 530. The van der Waals surface area contributed by atoms with Crippen LogP contribution in [0.2, 0.25) is 0 Å². The summed E-state index contributed by atoms with van der Waals surface area (Å²) in [6.45, 7) is 0.0136. The van der Waals surface area contributed by atoms with Crippen LogP contribution in [0.4, 0.5) is 4.39 Å². The normalized spacial score (nSPS) is 11.7. The highest BCUT2D eigenvalue weighted by Crippen LogP contribution is 2.10. The molecule has 0 bridgehead atoms.